The van der Waals surface area contributed by atoms with E-state index in [1.54, 1.807) is 0 Å². The minimum atomic E-state index is -1.01. The summed E-state index contributed by atoms with van der Waals surface area (Å²) >= 11 is 0. The summed E-state index contributed by atoms with van der Waals surface area (Å²) in [5.74, 6) is -1.01. The standard InChI is InChI=1S/C13H20N2O2/c1-15(2,14-10-8-13(16)17)11-9-12-6-4-3-5-7-12/h3-7,14H,8-11H2,1-2H3. The van der Waals surface area contributed by atoms with E-state index in [1.807, 2.05) is 32.3 Å². The number of carboxylic acid groups (broad SMARTS) is 1. The molecule has 0 spiro atoms. The van der Waals surface area contributed by atoms with Gasteiger partial charge in [0.1, 0.15) is 0 Å². The fourth-order valence-electron chi connectivity index (χ4n) is 1.59. The van der Waals surface area contributed by atoms with Crippen molar-refractivity contribution in [3.8, 4) is 0 Å². The monoisotopic (exact) mass is 236 g/mol. The minimum Gasteiger partial charge on any atom is -0.550 e. The minimum absolute atomic E-state index is 0.0486. The largest absolute Gasteiger partial charge is 0.550 e. The molecule has 0 aromatic heterocycles. The molecule has 17 heavy (non-hydrogen) atoms. The quantitative estimate of drug-likeness (QED) is 0.533. The van der Waals surface area contributed by atoms with Crippen LogP contribution in [0.3, 0.4) is 0 Å². The van der Waals surface area contributed by atoms with Gasteiger partial charge in [-0.25, -0.2) is 0 Å². The van der Waals surface area contributed by atoms with E-state index in [-0.39, 0.29) is 6.42 Å². The maximum atomic E-state index is 10.3. The van der Waals surface area contributed by atoms with Gasteiger partial charge in [-0.1, -0.05) is 30.3 Å². The molecule has 0 aliphatic heterocycles. The van der Waals surface area contributed by atoms with Gasteiger partial charge in [0.15, 0.2) is 0 Å². The van der Waals surface area contributed by atoms with Crippen LogP contribution in [-0.2, 0) is 11.2 Å². The van der Waals surface area contributed by atoms with Gasteiger partial charge in [0, 0.05) is 25.4 Å². The SMILES string of the molecule is C[N+](C)(CCc1ccccc1)NCCC(=O)[O-]. The molecule has 0 aliphatic rings. The van der Waals surface area contributed by atoms with Crippen molar-refractivity contribution in [3.63, 3.8) is 0 Å². The Labute approximate surface area is 102 Å². The van der Waals surface area contributed by atoms with Crippen molar-refractivity contribution in [2.75, 3.05) is 27.2 Å². The third-order valence-electron chi connectivity index (χ3n) is 2.67. The highest BCUT2D eigenvalue weighted by atomic mass is 16.4. The van der Waals surface area contributed by atoms with Crippen LogP contribution >= 0.6 is 0 Å². The van der Waals surface area contributed by atoms with E-state index in [0.717, 1.165) is 13.0 Å². The van der Waals surface area contributed by atoms with Crippen molar-refractivity contribution in [2.24, 2.45) is 0 Å². The number of quaternary nitrogens is 1. The molecule has 4 heteroatoms. The first kappa shape index (κ1) is 13.7. The number of nitrogens with one attached hydrogen (secondary N) is 1. The number of carbonyl (C=O) groups excluding carboxylic acids is 1. The third kappa shape index (κ3) is 6.04. The van der Waals surface area contributed by atoms with Crippen LogP contribution in [0.25, 0.3) is 0 Å². The highest BCUT2D eigenvalue weighted by Crippen LogP contribution is 2.02. The summed E-state index contributed by atoms with van der Waals surface area (Å²) in [7, 11) is 4.05. The lowest BCUT2D eigenvalue weighted by atomic mass is 10.1. The zero-order valence-electron chi connectivity index (χ0n) is 10.5. The Morgan fingerprint density at radius 1 is 1.29 bits per heavy atom. The molecular formula is C13H20N2O2. The average molecular weight is 236 g/mol. The van der Waals surface area contributed by atoms with Crippen LogP contribution in [0, 0.1) is 0 Å². The van der Waals surface area contributed by atoms with Crippen molar-refractivity contribution in [3.05, 3.63) is 35.9 Å². The van der Waals surface area contributed by atoms with Gasteiger partial charge in [0.2, 0.25) is 0 Å². The highest BCUT2D eigenvalue weighted by Gasteiger charge is 2.13. The first-order chi connectivity index (χ1) is 7.99. The molecule has 0 radical (unpaired) electrons. The Kier molecular flexibility index (Phi) is 5.12. The molecule has 0 saturated carbocycles. The Bertz CT molecular complexity index is 350. The number of nitrogens with zero attached hydrogens (tertiary/aromatic N) is 1. The normalized spacial score (nSPS) is 11.4. The topological polar surface area (TPSA) is 52.2 Å². The number of rotatable bonds is 7. The Morgan fingerprint density at radius 3 is 2.53 bits per heavy atom. The van der Waals surface area contributed by atoms with Crippen LogP contribution < -0.4 is 10.5 Å². The third-order valence-corrected chi connectivity index (χ3v) is 2.67. The van der Waals surface area contributed by atoms with E-state index in [1.165, 1.54) is 5.56 Å². The molecule has 0 heterocycles. The van der Waals surface area contributed by atoms with Crippen molar-refractivity contribution < 1.29 is 14.5 Å². The summed E-state index contributed by atoms with van der Waals surface area (Å²) < 4.78 is 0.599. The molecule has 4 nitrogen and oxygen atoms in total. The lowest BCUT2D eigenvalue weighted by Gasteiger charge is -2.29. The Balaban J connectivity index is 2.31. The number of hydrogen-bond donors (Lipinski definition) is 1. The van der Waals surface area contributed by atoms with E-state index in [0.29, 0.717) is 11.1 Å². The van der Waals surface area contributed by atoms with Gasteiger partial charge in [-0.15, -0.1) is 0 Å². The summed E-state index contributed by atoms with van der Waals surface area (Å²) in [5.41, 5.74) is 4.47. The predicted molar refractivity (Wildman–Crippen MR) is 64.7 cm³/mol. The molecule has 0 bridgehead atoms. The molecule has 0 atom stereocenters. The fraction of sp³-hybridized carbons (Fsp3) is 0.462. The molecule has 94 valence electrons. The van der Waals surface area contributed by atoms with Gasteiger partial charge in [0.05, 0.1) is 20.6 Å². The van der Waals surface area contributed by atoms with Crippen LogP contribution in [0.5, 0.6) is 0 Å². The van der Waals surface area contributed by atoms with E-state index in [4.69, 9.17) is 0 Å². The van der Waals surface area contributed by atoms with Gasteiger partial charge in [-0.2, -0.15) is 5.43 Å². The van der Waals surface area contributed by atoms with Crippen molar-refractivity contribution in [2.45, 2.75) is 12.8 Å². The van der Waals surface area contributed by atoms with Crippen LogP contribution in [0.4, 0.5) is 0 Å². The van der Waals surface area contributed by atoms with E-state index in [2.05, 4.69) is 17.6 Å². The zero-order chi connectivity index (χ0) is 12.7. The molecular weight excluding hydrogens is 216 g/mol. The van der Waals surface area contributed by atoms with Crippen LogP contribution in [0.15, 0.2) is 30.3 Å². The summed E-state index contributed by atoms with van der Waals surface area (Å²) in [6.07, 6.45) is 1.01. The molecule has 0 fully saturated rings. The molecule has 0 unspecified atom stereocenters. The molecule has 0 saturated heterocycles. The molecule has 1 aromatic rings. The van der Waals surface area contributed by atoms with Crippen molar-refractivity contribution in [1.82, 2.24) is 5.43 Å². The maximum absolute atomic E-state index is 10.3. The Hall–Kier alpha value is -1.39. The van der Waals surface area contributed by atoms with Gasteiger partial charge in [-0.3, -0.25) is 4.59 Å². The predicted octanol–water partition coefficient (Wildman–Crippen LogP) is -0.0499. The summed E-state index contributed by atoms with van der Waals surface area (Å²) in [6.45, 7) is 1.35. The first-order valence-electron chi connectivity index (χ1n) is 5.81. The lowest BCUT2D eigenvalue weighted by molar-refractivity contribution is -0.933. The van der Waals surface area contributed by atoms with Crippen molar-refractivity contribution in [1.29, 1.82) is 0 Å². The summed E-state index contributed by atoms with van der Waals surface area (Å²) in [6, 6.07) is 10.3. The molecule has 1 N–H and O–H groups in total. The summed E-state index contributed by atoms with van der Waals surface area (Å²) in [5, 5.41) is 10.3. The maximum Gasteiger partial charge on any atom is 0.0998 e. The summed E-state index contributed by atoms with van der Waals surface area (Å²) in [4.78, 5) is 10.3. The number of hydrogen-bond acceptors (Lipinski definition) is 3. The number of benzene rings is 1. The van der Waals surface area contributed by atoms with Crippen LogP contribution in [0.2, 0.25) is 0 Å². The zero-order valence-corrected chi connectivity index (χ0v) is 10.5. The van der Waals surface area contributed by atoms with E-state index < -0.39 is 5.97 Å². The first-order valence-corrected chi connectivity index (χ1v) is 5.81. The number of carboxylic acids is 1. The second-order valence-corrected chi connectivity index (χ2v) is 4.67. The lowest BCUT2D eigenvalue weighted by Crippen LogP contribution is -2.53. The average Bonchev–Trinajstić information content (AvgIpc) is 2.27. The van der Waals surface area contributed by atoms with Gasteiger partial charge >= 0.3 is 0 Å². The van der Waals surface area contributed by atoms with E-state index >= 15 is 0 Å². The fourth-order valence-corrected chi connectivity index (χ4v) is 1.59. The van der Waals surface area contributed by atoms with Gasteiger partial charge in [-0.05, 0) is 5.56 Å². The molecule has 0 amide bonds. The number of carbonyl (C=O) groups is 1. The second-order valence-electron chi connectivity index (χ2n) is 4.67. The highest BCUT2D eigenvalue weighted by molar-refractivity contribution is 5.64. The number of aliphatic carboxylic acids is 1. The molecule has 0 aliphatic carbocycles. The van der Waals surface area contributed by atoms with Gasteiger partial charge < -0.3 is 9.90 Å². The van der Waals surface area contributed by atoms with Gasteiger partial charge in [0.25, 0.3) is 0 Å². The van der Waals surface area contributed by atoms with E-state index in [9.17, 15) is 9.90 Å². The Morgan fingerprint density at radius 2 is 1.94 bits per heavy atom. The number of likely N-dealkylation sites (N-methyl/N-ethyl adjacent to an activating group) is 1. The van der Waals surface area contributed by atoms with Crippen LogP contribution in [0.1, 0.15) is 12.0 Å². The van der Waals surface area contributed by atoms with Crippen LogP contribution in [-0.4, -0.2) is 37.7 Å². The second kappa shape index (κ2) is 6.37. The van der Waals surface area contributed by atoms with Crippen molar-refractivity contribution >= 4 is 5.97 Å². The molecule has 1 aromatic carbocycles. The molecule has 1 rings (SSSR count). The smallest absolute Gasteiger partial charge is 0.0998 e.